The van der Waals surface area contributed by atoms with Gasteiger partial charge in [0.2, 0.25) is 0 Å². The van der Waals surface area contributed by atoms with Crippen LogP contribution in [0.2, 0.25) is 0 Å². The second kappa shape index (κ2) is 5.68. The molecule has 1 saturated heterocycles. The molecule has 1 atom stereocenters. The van der Waals surface area contributed by atoms with Gasteiger partial charge in [-0.1, -0.05) is 12.1 Å². The number of hydrogen-bond donors (Lipinski definition) is 1. The molecule has 3 heterocycles. The van der Waals surface area contributed by atoms with Crippen molar-refractivity contribution < 1.29 is 0 Å². The van der Waals surface area contributed by atoms with Gasteiger partial charge in [-0.15, -0.1) is 0 Å². The summed E-state index contributed by atoms with van der Waals surface area (Å²) in [6, 6.07) is 11.5. The number of hydrogen-bond acceptors (Lipinski definition) is 5. The predicted octanol–water partition coefficient (Wildman–Crippen LogP) is 3.11. The molecule has 1 aliphatic rings. The van der Waals surface area contributed by atoms with Gasteiger partial charge in [0.15, 0.2) is 11.8 Å². The molecule has 2 aromatic heterocycles. The molecule has 4 rings (SSSR count). The van der Waals surface area contributed by atoms with Crippen molar-refractivity contribution in [3.05, 3.63) is 47.9 Å². The maximum atomic E-state index is 9.20. The first-order valence-corrected chi connectivity index (χ1v) is 7.81. The van der Waals surface area contributed by atoms with Crippen molar-refractivity contribution in [3.8, 4) is 23.4 Å². The molecule has 1 unspecified atom stereocenters. The van der Waals surface area contributed by atoms with E-state index in [0.29, 0.717) is 11.2 Å². The minimum Gasteiger partial charge on any atom is -0.339 e. The Morgan fingerprint density at radius 3 is 2.75 bits per heavy atom. The maximum Gasteiger partial charge on any atom is 0.180 e. The molecule has 3 aromatic rings. The fourth-order valence-corrected chi connectivity index (χ4v) is 3.14. The van der Waals surface area contributed by atoms with Crippen molar-refractivity contribution in [2.45, 2.75) is 18.9 Å². The number of aromatic amines is 1. The molecule has 6 nitrogen and oxygen atoms in total. The van der Waals surface area contributed by atoms with Crippen LogP contribution in [0.3, 0.4) is 0 Å². The van der Waals surface area contributed by atoms with Crippen LogP contribution in [0.1, 0.15) is 30.3 Å². The summed E-state index contributed by atoms with van der Waals surface area (Å²) in [6.45, 7) is 0.780. The lowest BCUT2D eigenvalue weighted by atomic mass is 10.1. The standard InChI is InChI=1S/C18H14N6/c19-9-12-3-5-13(6-4-12)14-8-15-17(21-10-14)23-18(22-15)16-2-1-7-24(16)11-20/h3-6,8,10,16H,1-2,7H2,(H,21,22,23). The second-order valence-electron chi connectivity index (χ2n) is 5.86. The molecule has 1 N–H and O–H groups in total. The monoisotopic (exact) mass is 314 g/mol. The number of fused-ring (bicyclic) bond motifs is 1. The van der Waals surface area contributed by atoms with Crippen LogP contribution >= 0.6 is 0 Å². The first-order valence-electron chi connectivity index (χ1n) is 7.81. The van der Waals surface area contributed by atoms with Crippen molar-refractivity contribution >= 4 is 11.2 Å². The van der Waals surface area contributed by atoms with Crippen LogP contribution in [0.25, 0.3) is 22.3 Å². The zero-order valence-corrected chi connectivity index (χ0v) is 12.9. The number of rotatable bonds is 2. The molecule has 116 valence electrons. The molecule has 0 aliphatic carbocycles. The SMILES string of the molecule is N#Cc1ccc(-c2cnc3nc(C4CCCN4C#N)[nH]c3c2)cc1. The molecule has 0 bridgehead atoms. The summed E-state index contributed by atoms with van der Waals surface area (Å²) in [6.07, 6.45) is 5.94. The third kappa shape index (κ3) is 2.35. The summed E-state index contributed by atoms with van der Waals surface area (Å²) in [5.41, 5.74) is 4.11. The fourth-order valence-electron chi connectivity index (χ4n) is 3.14. The Kier molecular flexibility index (Phi) is 3.36. The third-order valence-electron chi connectivity index (χ3n) is 4.40. The average molecular weight is 314 g/mol. The van der Waals surface area contributed by atoms with Crippen LogP contribution in [-0.2, 0) is 0 Å². The Bertz CT molecular complexity index is 973. The van der Waals surface area contributed by atoms with E-state index in [1.807, 2.05) is 18.2 Å². The van der Waals surface area contributed by atoms with E-state index >= 15 is 0 Å². The zero-order valence-electron chi connectivity index (χ0n) is 12.9. The normalized spacial score (nSPS) is 16.9. The molecule has 0 amide bonds. The second-order valence-corrected chi connectivity index (χ2v) is 5.86. The molecule has 0 spiro atoms. The van der Waals surface area contributed by atoms with E-state index in [2.05, 4.69) is 27.2 Å². The highest BCUT2D eigenvalue weighted by molar-refractivity contribution is 5.78. The van der Waals surface area contributed by atoms with Gasteiger partial charge in [0.1, 0.15) is 5.82 Å². The van der Waals surface area contributed by atoms with Crippen LogP contribution in [0, 0.1) is 22.8 Å². The summed E-state index contributed by atoms with van der Waals surface area (Å²) in [4.78, 5) is 14.1. The van der Waals surface area contributed by atoms with Crippen molar-refractivity contribution in [1.29, 1.82) is 10.5 Å². The van der Waals surface area contributed by atoms with Gasteiger partial charge in [0.25, 0.3) is 0 Å². The third-order valence-corrected chi connectivity index (χ3v) is 4.40. The van der Waals surface area contributed by atoms with E-state index in [-0.39, 0.29) is 6.04 Å². The van der Waals surface area contributed by atoms with Crippen LogP contribution in [-0.4, -0.2) is 26.4 Å². The number of benzene rings is 1. The topological polar surface area (TPSA) is 92.4 Å². The van der Waals surface area contributed by atoms with E-state index in [4.69, 9.17) is 5.26 Å². The smallest absolute Gasteiger partial charge is 0.180 e. The summed E-state index contributed by atoms with van der Waals surface area (Å²) in [7, 11) is 0. The highest BCUT2D eigenvalue weighted by atomic mass is 15.2. The molecule has 0 saturated carbocycles. The molecule has 6 heteroatoms. The highest BCUT2D eigenvalue weighted by Crippen LogP contribution is 2.31. The Balaban J connectivity index is 1.71. The summed E-state index contributed by atoms with van der Waals surface area (Å²) >= 11 is 0. The number of pyridine rings is 1. The van der Waals surface area contributed by atoms with Crippen molar-refractivity contribution in [2.24, 2.45) is 0 Å². The van der Waals surface area contributed by atoms with Gasteiger partial charge in [0.05, 0.1) is 23.2 Å². The van der Waals surface area contributed by atoms with E-state index in [0.717, 1.165) is 41.9 Å². The number of nitrogens with zero attached hydrogens (tertiary/aromatic N) is 5. The Morgan fingerprint density at radius 2 is 2.00 bits per heavy atom. The largest absolute Gasteiger partial charge is 0.339 e. The van der Waals surface area contributed by atoms with Gasteiger partial charge >= 0.3 is 0 Å². The van der Waals surface area contributed by atoms with Gasteiger partial charge < -0.3 is 9.88 Å². The zero-order chi connectivity index (χ0) is 16.5. The average Bonchev–Trinajstić information content (AvgIpc) is 3.27. The number of likely N-dealkylation sites (tertiary alicyclic amines) is 1. The molecular formula is C18H14N6. The Morgan fingerprint density at radius 1 is 1.17 bits per heavy atom. The van der Waals surface area contributed by atoms with Crippen molar-refractivity contribution in [1.82, 2.24) is 19.9 Å². The molecule has 1 aromatic carbocycles. The maximum absolute atomic E-state index is 9.20. The molecule has 1 fully saturated rings. The number of imidazole rings is 1. The molecule has 24 heavy (non-hydrogen) atoms. The summed E-state index contributed by atoms with van der Waals surface area (Å²) in [5.74, 6) is 0.800. The molecular weight excluding hydrogens is 300 g/mol. The number of aromatic nitrogens is 3. The number of H-pyrrole nitrogens is 1. The van der Waals surface area contributed by atoms with E-state index in [1.54, 1.807) is 23.2 Å². The van der Waals surface area contributed by atoms with Gasteiger partial charge in [0, 0.05) is 18.3 Å². The lowest BCUT2D eigenvalue weighted by molar-refractivity contribution is 0.362. The minimum atomic E-state index is 0.0163. The summed E-state index contributed by atoms with van der Waals surface area (Å²) < 4.78 is 0. The number of nitriles is 2. The number of nitrogens with one attached hydrogen (secondary N) is 1. The highest BCUT2D eigenvalue weighted by Gasteiger charge is 2.27. The van der Waals surface area contributed by atoms with Crippen LogP contribution in [0.4, 0.5) is 0 Å². The van der Waals surface area contributed by atoms with Crippen LogP contribution in [0.15, 0.2) is 36.5 Å². The Labute approximate surface area is 139 Å². The first-order chi connectivity index (χ1) is 11.8. The van der Waals surface area contributed by atoms with Crippen LogP contribution < -0.4 is 0 Å². The van der Waals surface area contributed by atoms with Gasteiger partial charge in [-0.05, 0) is 36.6 Å². The van der Waals surface area contributed by atoms with Crippen molar-refractivity contribution in [3.63, 3.8) is 0 Å². The van der Waals surface area contributed by atoms with Crippen molar-refractivity contribution in [2.75, 3.05) is 6.54 Å². The Hall–Kier alpha value is -3.38. The molecule has 1 aliphatic heterocycles. The lowest BCUT2D eigenvalue weighted by Gasteiger charge is -2.14. The van der Waals surface area contributed by atoms with Crippen LogP contribution in [0.5, 0.6) is 0 Å². The van der Waals surface area contributed by atoms with Gasteiger partial charge in [-0.3, -0.25) is 0 Å². The van der Waals surface area contributed by atoms with Gasteiger partial charge in [-0.25, -0.2) is 9.97 Å². The fraction of sp³-hybridized carbons (Fsp3) is 0.222. The quantitative estimate of drug-likeness (QED) is 0.734. The minimum absolute atomic E-state index is 0.0163. The summed E-state index contributed by atoms with van der Waals surface area (Å²) in [5, 5.41) is 18.1. The lowest BCUT2D eigenvalue weighted by Crippen LogP contribution is -2.17. The van der Waals surface area contributed by atoms with Gasteiger partial charge in [-0.2, -0.15) is 10.5 Å². The van der Waals surface area contributed by atoms with E-state index in [9.17, 15) is 5.26 Å². The molecule has 0 radical (unpaired) electrons. The van der Waals surface area contributed by atoms with E-state index < -0.39 is 0 Å². The predicted molar refractivity (Wildman–Crippen MR) is 88.3 cm³/mol. The first kappa shape index (κ1) is 14.2. The van der Waals surface area contributed by atoms with E-state index in [1.165, 1.54) is 0 Å².